The molecule has 2 aromatic rings. The van der Waals surface area contributed by atoms with Crippen LogP contribution in [0.3, 0.4) is 0 Å². The Hall–Kier alpha value is -1.95. The van der Waals surface area contributed by atoms with Gasteiger partial charge in [-0.1, -0.05) is 13.8 Å². The monoisotopic (exact) mass is 331 g/mol. The summed E-state index contributed by atoms with van der Waals surface area (Å²) < 4.78 is 0. The van der Waals surface area contributed by atoms with Gasteiger partial charge in [0.15, 0.2) is 0 Å². The third-order valence-electron chi connectivity index (χ3n) is 4.28. The molecule has 1 aliphatic rings. The number of aromatic nitrogens is 2. The molecule has 1 fully saturated rings. The standard InChI is InChI=1S/C17H21N3O2S/c1-11(2)15-8-13(10-23-15)16(21)20-7-3-4-12(9-20)14-5-6-18-17(22)19-14/h5-6,8,10-12H,3-4,7,9H2,1-2H3,(H,18,19,22)/t12-/m0/s1. The molecule has 1 amide bonds. The molecule has 3 rings (SSSR count). The van der Waals surface area contributed by atoms with E-state index in [0.717, 1.165) is 30.6 Å². The zero-order valence-corrected chi connectivity index (χ0v) is 14.2. The third kappa shape index (κ3) is 3.52. The quantitative estimate of drug-likeness (QED) is 0.940. The first-order chi connectivity index (χ1) is 11.0. The SMILES string of the molecule is CC(C)c1cc(C(=O)N2CCC[C@H](c3ccnc(=O)[nH]3)C2)cs1. The van der Waals surface area contributed by atoms with Gasteiger partial charge in [0.1, 0.15) is 0 Å². The first kappa shape index (κ1) is 15.9. The average molecular weight is 331 g/mol. The van der Waals surface area contributed by atoms with Crippen molar-refractivity contribution in [1.82, 2.24) is 14.9 Å². The van der Waals surface area contributed by atoms with E-state index in [9.17, 15) is 9.59 Å². The van der Waals surface area contributed by atoms with Gasteiger partial charge in [0.25, 0.3) is 5.91 Å². The molecule has 0 radical (unpaired) electrons. The first-order valence-electron chi connectivity index (χ1n) is 7.97. The third-order valence-corrected chi connectivity index (χ3v) is 5.51. The second-order valence-electron chi connectivity index (χ2n) is 6.31. The molecule has 0 aliphatic carbocycles. The maximum absolute atomic E-state index is 12.7. The summed E-state index contributed by atoms with van der Waals surface area (Å²) in [5, 5.41) is 1.95. The number of thiophene rings is 1. The largest absolute Gasteiger partial charge is 0.345 e. The predicted octanol–water partition coefficient (Wildman–Crippen LogP) is 2.97. The van der Waals surface area contributed by atoms with Crippen LogP contribution in [0, 0.1) is 0 Å². The van der Waals surface area contributed by atoms with Crippen LogP contribution in [0.25, 0.3) is 0 Å². The number of aromatic amines is 1. The van der Waals surface area contributed by atoms with Crippen LogP contribution in [0.5, 0.6) is 0 Å². The van der Waals surface area contributed by atoms with Crippen molar-refractivity contribution in [2.75, 3.05) is 13.1 Å². The molecule has 3 heterocycles. The van der Waals surface area contributed by atoms with E-state index in [1.165, 1.54) is 11.1 Å². The Bertz CT molecular complexity index is 750. The number of rotatable bonds is 3. The van der Waals surface area contributed by atoms with Crippen LogP contribution >= 0.6 is 11.3 Å². The molecule has 122 valence electrons. The molecule has 23 heavy (non-hydrogen) atoms. The van der Waals surface area contributed by atoms with E-state index in [1.807, 2.05) is 22.4 Å². The van der Waals surface area contributed by atoms with Crippen molar-refractivity contribution in [1.29, 1.82) is 0 Å². The maximum Gasteiger partial charge on any atom is 0.345 e. The number of likely N-dealkylation sites (tertiary alicyclic amines) is 1. The van der Waals surface area contributed by atoms with E-state index in [1.54, 1.807) is 11.3 Å². The van der Waals surface area contributed by atoms with Gasteiger partial charge in [0.2, 0.25) is 0 Å². The number of hydrogen-bond donors (Lipinski definition) is 1. The van der Waals surface area contributed by atoms with E-state index in [2.05, 4.69) is 23.8 Å². The van der Waals surface area contributed by atoms with Crippen LogP contribution in [0.2, 0.25) is 0 Å². The minimum Gasteiger partial charge on any atom is -0.338 e. The molecule has 1 saturated heterocycles. The minimum absolute atomic E-state index is 0.0919. The molecule has 0 aromatic carbocycles. The van der Waals surface area contributed by atoms with Gasteiger partial charge in [-0.05, 0) is 30.9 Å². The van der Waals surface area contributed by atoms with Crippen molar-refractivity contribution >= 4 is 17.2 Å². The second-order valence-corrected chi connectivity index (χ2v) is 7.26. The Labute approximate surface area is 139 Å². The Balaban J connectivity index is 1.75. The summed E-state index contributed by atoms with van der Waals surface area (Å²) in [6.07, 6.45) is 3.45. The lowest BCUT2D eigenvalue weighted by Crippen LogP contribution is -2.39. The molecule has 0 saturated carbocycles. The normalized spacial score (nSPS) is 18.4. The summed E-state index contributed by atoms with van der Waals surface area (Å²) in [4.78, 5) is 33.7. The number of nitrogens with zero attached hydrogens (tertiary/aromatic N) is 2. The smallest absolute Gasteiger partial charge is 0.338 e. The number of amides is 1. The van der Waals surface area contributed by atoms with Crippen molar-refractivity contribution in [3.63, 3.8) is 0 Å². The lowest BCUT2D eigenvalue weighted by atomic mass is 9.94. The summed E-state index contributed by atoms with van der Waals surface area (Å²) in [6, 6.07) is 3.84. The highest BCUT2D eigenvalue weighted by atomic mass is 32.1. The fourth-order valence-electron chi connectivity index (χ4n) is 2.99. The van der Waals surface area contributed by atoms with Crippen LogP contribution in [0.1, 0.15) is 59.5 Å². The fourth-order valence-corrected chi connectivity index (χ4v) is 3.89. The van der Waals surface area contributed by atoms with Crippen molar-refractivity contribution < 1.29 is 4.79 Å². The Kier molecular flexibility index (Phi) is 4.61. The Morgan fingerprint density at radius 1 is 1.48 bits per heavy atom. The van der Waals surface area contributed by atoms with Gasteiger partial charge in [0, 0.05) is 41.2 Å². The fraction of sp³-hybridized carbons (Fsp3) is 0.471. The summed E-state index contributed by atoms with van der Waals surface area (Å²) in [7, 11) is 0. The average Bonchev–Trinajstić information content (AvgIpc) is 3.04. The summed E-state index contributed by atoms with van der Waals surface area (Å²) in [5.74, 6) is 0.707. The molecule has 1 atom stereocenters. The number of H-pyrrole nitrogens is 1. The van der Waals surface area contributed by atoms with Crippen LogP contribution in [-0.2, 0) is 0 Å². The van der Waals surface area contributed by atoms with E-state index in [0.29, 0.717) is 12.5 Å². The van der Waals surface area contributed by atoms with Crippen LogP contribution in [0.15, 0.2) is 28.5 Å². The Morgan fingerprint density at radius 3 is 3.00 bits per heavy atom. The molecule has 6 heteroatoms. The van der Waals surface area contributed by atoms with Gasteiger partial charge in [-0.3, -0.25) is 4.79 Å². The zero-order valence-electron chi connectivity index (χ0n) is 13.4. The number of nitrogens with one attached hydrogen (secondary N) is 1. The molecule has 1 N–H and O–H groups in total. The summed E-state index contributed by atoms with van der Waals surface area (Å²) in [5.41, 5.74) is 1.32. The molecule has 0 spiro atoms. The van der Waals surface area contributed by atoms with Crippen molar-refractivity contribution in [3.05, 3.63) is 50.3 Å². The van der Waals surface area contributed by atoms with Gasteiger partial charge in [0.05, 0.1) is 5.56 Å². The number of piperidine rings is 1. The number of carbonyl (C=O) groups is 1. The lowest BCUT2D eigenvalue weighted by molar-refractivity contribution is 0.0706. The topological polar surface area (TPSA) is 66.1 Å². The predicted molar refractivity (Wildman–Crippen MR) is 91.1 cm³/mol. The van der Waals surface area contributed by atoms with Crippen molar-refractivity contribution in [3.8, 4) is 0 Å². The summed E-state index contributed by atoms with van der Waals surface area (Å²) >= 11 is 1.65. The zero-order chi connectivity index (χ0) is 16.4. The highest BCUT2D eigenvalue weighted by Crippen LogP contribution is 2.28. The lowest BCUT2D eigenvalue weighted by Gasteiger charge is -2.32. The maximum atomic E-state index is 12.7. The molecule has 5 nitrogen and oxygen atoms in total. The molecule has 2 aromatic heterocycles. The minimum atomic E-state index is -0.328. The summed E-state index contributed by atoms with van der Waals surface area (Å²) in [6.45, 7) is 5.69. The molecular formula is C17H21N3O2S. The second kappa shape index (κ2) is 6.66. The van der Waals surface area contributed by atoms with Gasteiger partial charge in [-0.2, -0.15) is 0 Å². The van der Waals surface area contributed by atoms with Gasteiger partial charge >= 0.3 is 5.69 Å². The van der Waals surface area contributed by atoms with Crippen molar-refractivity contribution in [2.24, 2.45) is 0 Å². The molecule has 0 unspecified atom stereocenters. The van der Waals surface area contributed by atoms with Gasteiger partial charge in [-0.15, -0.1) is 11.3 Å². The number of carbonyl (C=O) groups excluding carboxylic acids is 1. The molecule has 1 aliphatic heterocycles. The molecule has 0 bridgehead atoms. The molecular weight excluding hydrogens is 310 g/mol. The van der Waals surface area contributed by atoms with E-state index < -0.39 is 0 Å². The Morgan fingerprint density at radius 2 is 2.30 bits per heavy atom. The van der Waals surface area contributed by atoms with E-state index in [-0.39, 0.29) is 17.5 Å². The number of hydrogen-bond acceptors (Lipinski definition) is 4. The van der Waals surface area contributed by atoms with E-state index >= 15 is 0 Å². The van der Waals surface area contributed by atoms with Crippen LogP contribution in [0.4, 0.5) is 0 Å². The van der Waals surface area contributed by atoms with Crippen molar-refractivity contribution in [2.45, 2.75) is 38.5 Å². The van der Waals surface area contributed by atoms with Gasteiger partial charge < -0.3 is 9.88 Å². The van der Waals surface area contributed by atoms with Gasteiger partial charge in [-0.25, -0.2) is 9.78 Å². The van der Waals surface area contributed by atoms with Crippen LogP contribution < -0.4 is 5.69 Å². The van der Waals surface area contributed by atoms with E-state index in [4.69, 9.17) is 0 Å². The highest BCUT2D eigenvalue weighted by Gasteiger charge is 2.26. The van der Waals surface area contributed by atoms with Crippen LogP contribution in [-0.4, -0.2) is 33.9 Å². The highest BCUT2D eigenvalue weighted by molar-refractivity contribution is 7.10. The first-order valence-corrected chi connectivity index (χ1v) is 8.85.